The van der Waals surface area contributed by atoms with Crippen LogP contribution in [0.25, 0.3) is 0 Å². The van der Waals surface area contributed by atoms with Crippen molar-refractivity contribution in [3.05, 3.63) is 89.2 Å². The number of rotatable bonds is 5. The zero-order valence-corrected chi connectivity index (χ0v) is 16.8. The van der Waals surface area contributed by atoms with Gasteiger partial charge < -0.3 is 5.32 Å². The van der Waals surface area contributed by atoms with Crippen molar-refractivity contribution >= 4 is 27.3 Å². The van der Waals surface area contributed by atoms with Gasteiger partial charge in [-0.15, -0.1) is 0 Å². The van der Waals surface area contributed by atoms with Gasteiger partial charge in [-0.25, -0.2) is 21.6 Å². The highest BCUT2D eigenvalue weighted by molar-refractivity contribution is 7.92. The molecule has 0 heterocycles. The molecule has 0 bridgehead atoms. The third kappa shape index (κ3) is 4.16. The molecule has 5 nitrogen and oxygen atoms in total. The molecule has 1 N–H and O–H groups in total. The Kier molecular flexibility index (Phi) is 5.84. The minimum atomic E-state index is -3.80. The second-order valence-corrected chi connectivity index (χ2v) is 8.48. The van der Waals surface area contributed by atoms with Crippen LogP contribution in [0, 0.1) is 24.4 Å². The van der Waals surface area contributed by atoms with Crippen molar-refractivity contribution in [1.29, 1.82) is 0 Å². The number of sulfonamides is 1. The standard InChI is InChI=1S/C21H17F3N2O3S/c1-13-3-9-16(10-4-13)30(28,29)26(2)15-7-5-14(6-8-15)21(27)25-18-12-11-17(22)19(23)20(18)24/h3-12H,1-2H3,(H,25,27). The van der Waals surface area contributed by atoms with E-state index in [-0.39, 0.29) is 10.5 Å². The Morgan fingerprint density at radius 1 is 0.867 bits per heavy atom. The minimum Gasteiger partial charge on any atom is -0.319 e. The van der Waals surface area contributed by atoms with E-state index >= 15 is 0 Å². The number of carbonyl (C=O) groups is 1. The summed E-state index contributed by atoms with van der Waals surface area (Å²) in [4.78, 5) is 12.4. The molecule has 0 aromatic heterocycles. The van der Waals surface area contributed by atoms with Gasteiger partial charge in [0.05, 0.1) is 16.3 Å². The van der Waals surface area contributed by atoms with Crippen molar-refractivity contribution in [3.63, 3.8) is 0 Å². The van der Waals surface area contributed by atoms with Crippen LogP contribution in [0.3, 0.4) is 0 Å². The van der Waals surface area contributed by atoms with Crippen molar-refractivity contribution < 1.29 is 26.4 Å². The predicted molar refractivity (Wildman–Crippen MR) is 107 cm³/mol. The number of nitrogens with zero attached hydrogens (tertiary/aromatic N) is 1. The van der Waals surface area contributed by atoms with Crippen LogP contribution in [0.15, 0.2) is 65.6 Å². The average molecular weight is 434 g/mol. The maximum absolute atomic E-state index is 13.7. The van der Waals surface area contributed by atoms with Crippen LogP contribution in [0.4, 0.5) is 24.5 Å². The maximum Gasteiger partial charge on any atom is 0.264 e. The van der Waals surface area contributed by atoms with Gasteiger partial charge in [0.2, 0.25) is 0 Å². The molecule has 0 fully saturated rings. The van der Waals surface area contributed by atoms with E-state index in [1.54, 1.807) is 12.1 Å². The van der Waals surface area contributed by atoms with Crippen LogP contribution < -0.4 is 9.62 Å². The van der Waals surface area contributed by atoms with Gasteiger partial charge >= 0.3 is 0 Å². The molecule has 0 aliphatic heterocycles. The highest BCUT2D eigenvalue weighted by Gasteiger charge is 2.22. The largest absolute Gasteiger partial charge is 0.319 e. The summed E-state index contributed by atoms with van der Waals surface area (Å²) in [7, 11) is -2.42. The molecule has 0 atom stereocenters. The molecule has 0 spiro atoms. The van der Waals surface area contributed by atoms with Gasteiger partial charge in [0.25, 0.3) is 15.9 Å². The van der Waals surface area contributed by atoms with Crippen molar-refractivity contribution in [1.82, 2.24) is 0 Å². The monoisotopic (exact) mass is 434 g/mol. The van der Waals surface area contributed by atoms with Crippen LogP contribution in [0.5, 0.6) is 0 Å². The number of hydrogen-bond donors (Lipinski definition) is 1. The fourth-order valence-electron chi connectivity index (χ4n) is 2.65. The molecule has 0 radical (unpaired) electrons. The molecule has 3 aromatic carbocycles. The summed E-state index contributed by atoms with van der Waals surface area (Å²) in [5, 5.41) is 2.15. The zero-order chi connectivity index (χ0) is 22.1. The molecule has 0 saturated carbocycles. The molecule has 9 heteroatoms. The molecule has 0 saturated heterocycles. The lowest BCUT2D eigenvalue weighted by Gasteiger charge is -2.20. The quantitative estimate of drug-likeness (QED) is 0.602. The summed E-state index contributed by atoms with van der Waals surface area (Å²) in [5.41, 5.74) is 0.779. The van der Waals surface area contributed by atoms with E-state index in [0.29, 0.717) is 11.8 Å². The summed E-state index contributed by atoms with van der Waals surface area (Å²) >= 11 is 0. The van der Waals surface area contributed by atoms with E-state index in [1.807, 2.05) is 6.92 Å². The first kappa shape index (κ1) is 21.4. The Bertz CT molecular complexity index is 1200. The maximum atomic E-state index is 13.7. The highest BCUT2D eigenvalue weighted by Crippen LogP contribution is 2.24. The molecule has 1 amide bonds. The molecular formula is C21H17F3N2O3S. The highest BCUT2D eigenvalue weighted by atomic mass is 32.2. The number of anilines is 2. The number of carbonyl (C=O) groups excluding carboxylic acids is 1. The lowest BCUT2D eigenvalue weighted by Crippen LogP contribution is -2.26. The van der Waals surface area contributed by atoms with Crippen LogP contribution in [-0.4, -0.2) is 21.4 Å². The van der Waals surface area contributed by atoms with Crippen LogP contribution in [0.2, 0.25) is 0 Å². The smallest absolute Gasteiger partial charge is 0.264 e. The van der Waals surface area contributed by atoms with Crippen molar-refractivity contribution in [3.8, 4) is 0 Å². The third-order valence-electron chi connectivity index (χ3n) is 4.46. The number of amides is 1. The Balaban J connectivity index is 1.79. The van der Waals surface area contributed by atoms with E-state index in [9.17, 15) is 26.4 Å². The Hall–Kier alpha value is -3.33. The number of halogens is 3. The molecule has 0 aliphatic rings. The summed E-state index contributed by atoms with van der Waals surface area (Å²) in [6.45, 7) is 1.84. The normalized spacial score (nSPS) is 11.2. The van der Waals surface area contributed by atoms with Gasteiger partial charge in [-0.3, -0.25) is 9.10 Å². The number of nitrogens with one attached hydrogen (secondary N) is 1. The number of benzene rings is 3. The van der Waals surface area contributed by atoms with E-state index in [2.05, 4.69) is 5.32 Å². The van der Waals surface area contributed by atoms with Crippen LogP contribution in [0.1, 0.15) is 15.9 Å². The third-order valence-corrected chi connectivity index (χ3v) is 6.26. The molecule has 156 valence electrons. The first-order valence-electron chi connectivity index (χ1n) is 8.72. The summed E-state index contributed by atoms with van der Waals surface area (Å²) in [5.74, 6) is -5.34. The fourth-order valence-corrected chi connectivity index (χ4v) is 3.84. The van der Waals surface area contributed by atoms with E-state index < -0.39 is 39.1 Å². The van der Waals surface area contributed by atoms with Crippen LogP contribution >= 0.6 is 0 Å². The Morgan fingerprint density at radius 2 is 1.47 bits per heavy atom. The molecule has 3 aromatic rings. The van der Waals surface area contributed by atoms with Crippen molar-refractivity contribution in [2.45, 2.75) is 11.8 Å². The Morgan fingerprint density at radius 3 is 2.07 bits per heavy atom. The van der Waals surface area contributed by atoms with Crippen LogP contribution in [-0.2, 0) is 10.0 Å². The fraction of sp³-hybridized carbons (Fsp3) is 0.0952. The molecule has 0 aliphatic carbocycles. The summed E-state index contributed by atoms with van der Waals surface area (Å²) < 4.78 is 66.6. The predicted octanol–water partition coefficient (Wildman–Crippen LogP) is 4.49. The van der Waals surface area contributed by atoms with Gasteiger partial charge in [-0.1, -0.05) is 17.7 Å². The first-order valence-corrected chi connectivity index (χ1v) is 10.2. The van der Waals surface area contributed by atoms with E-state index in [1.165, 1.54) is 43.4 Å². The average Bonchev–Trinajstić information content (AvgIpc) is 2.74. The first-order chi connectivity index (χ1) is 14.1. The number of hydrogen-bond acceptors (Lipinski definition) is 3. The summed E-state index contributed by atoms with van der Waals surface area (Å²) in [6, 6.07) is 13.5. The molecular weight excluding hydrogens is 417 g/mol. The van der Waals surface area contributed by atoms with Gasteiger partial charge in [0.15, 0.2) is 17.5 Å². The zero-order valence-electron chi connectivity index (χ0n) is 16.0. The van der Waals surface area contributed by atoms with E-state index in [0.717, 1.165) is 15.9 Å². The lowest BCUT2D eigenvalue weighted by atomic mass is 10.2. The van der Waals surface area contributed by atoms with Crippen molar-refractivity contribution in [2.75, 3.05) is 16.7 Å². The van der Waals surface area contributed by atoms with Gasteiger partial charge in [0.1, 0.15) is 0 Å². The SMILES string of the molecule is Cc1ccc(S(=O)(=O)N(C)c2ccc(C(=O)Nc3ccc(F)c(F)c3F)cc2)cc1. The minimum absolute atomic E-state index is 0.0732. The second-order valence-electron chi connectivity index (χ2n) is 6.51. The lowest BCUT2D eigenvalue weighted by molar-refractivity contribution is 0.102. The second kappa shape index (κ2) is 8.19. The van der Waals surface area contributed by atoms with Gasteiger partial charge in [-0.05, 0) is 55.5 Å². The summed E-state index contributed by atoms with van der Waals surface area (Å²) in [6.07, 6.45) is 0. The molecule has 0 unspecified atom stereocenters. The molecule has 3 rings (SSSR count). The molecule has 30 heavy (non-hydrogen) atoms. The van der Waals surface area contributed by atoms with Gasteiger partial charge in [0, 0.05) is 12.6 Å². The number of aryl methyl sites for hydroxylation is 1. The van der Waals surface area contributed by atoms with Gasteiger partial charge in [-0.2, -0.15) is 0 Å². The Labute approximate surface area is 171 Å². The topological polar surface area (TPSA) is 66.5 Å². The van der Waals surface area contributed by atoms with E-state index in [4.69, 9.17) is 0 Å². The van der Waals surface area contributed by atoms with Crippen molar-refractivity contribution in [2.24, 2.45) is 0 Å².